The molecule has 0 saturated heterocycles. The second-order valence-corrected chi connectivity index (χ2v) is 5.23. The third kappa shape index (κ3) is 6.60. The molecule has 0 spiro atoms. The molecule has 7 nitrogen and oxygen atoms in total. The quantitative estimate of drug-likeness (QED) is 0.419. The molecular weight excluding hydrogens is 383 g/mol. The Bertz CT molecular complexity index is 458. The second-order valence-electron chi connectivity index (χ2n) is 5.23. The smallest absolute Gasteiger partial charge is 0.191 e. The summed E-state index contributed by atoms with van der Waals surface area (Å²) >= 11 is 0. The lowest BCUT2D eigenvalue weighted by Gasteiger charge is -2.24. The number of halogens is 1. The fourth-order valence-electron chi connectivity index (χ4n) is 1.45. The molecule has 1 aromatic heterocycles. The van der Waals surface area contributed by atoms with Gasteiger partial charge in [-0.05, 0) is 27.7 Å². The molecule has 1 heterocycles. The molecule has 0 saturated carbocycles. The number of aryl methyl sites for hydroxylation is 1. The van der Waals surface area contributed by atoms with Crippen molar-refractivity contribution in [1.29, 1.82) is 0 Å². The van der Waals surface area contributed by atoms with Gasteiger partial charge in [0.05, 0.1) is 5.60 Å². The fraction of sp³-hybridized carbons (Fsp3) is 0.769. The van der Waals surface area contributed by atoms with Crippen LogP contribution in [0.4, 0.5) is 0 Å². The number of nitrogens with zero attached hydrogens (tertiary/aromatic N) is 4. The second kappa shape index (κ2) is 9.19. The lowest BCUT2D eigenvalue weighted by molar-refractivity contribution is 0.0268. The molecule has 0 aromatic carbocycles. The predicted molar refractivity (Wildman–Crippen MR) is 95.1 cm³/mol. The number of aromatic nitrogens is 3. The third-order valence-corrected chi connectivity index (χ3v) is 3.14. The Morgan fingerprint density at radius 1 is 1.33 bits per heavy atom. The van der Waals surface area contributed by atoms with Crippen molar-refractivity contribution in [1.82, 2.24) is 25.4 Å². The van der Waals surface area contributed by atoms with Gasteiger partial charge in [0.25, 0.3) is 0 Å². The number of rotatable bonds is 6. The molecule has 0 aliphatic heterocycles. The first-order valence-corrected chi connectivity index (χ1v) is 6.82. The molecule has 2 N–H and O–H groups in total. The average molecular weight is 410 g/mol. The highest BCUT2D eigenvalue weighted by atomic mass is 127. The number of hydrogen-bond acceptors (Lipinski definition) is 4. The number of ether oxygens (including phenoxy) is 1. The summed E-state index contributed by atoms with van der Waals surface area (Å²) in [7, 11) is 3.64. The SMILES string of the molecule is CCNC(=NCc1nnc(C)n1C)NCC(C)(C)OC.I. The molecule has 0 atom stereocenters. The summed E-state index contributed by atoms with van der Waals surface area (Å²) in [5.74, 6) is 2.47. The number of hydrogen-bond donors (Lipinski definition) is 2. The van der Waals surface area contributed by atoms with Crippen molar-refractivity contribution in [2.75, 3.05) is 20.2 Å². The molecule has 0 aliphatic carbocycles. The zero-order chi connectivity index (χ0) is 15.2. The highest BCUT2D eigenvalue weighted by Gasteiger charge is 2.16. The van der Waals surface area contributed by atoms with Crippen LogP contribution in [-0.2, 0) is 18.3 Å². The zero-order valence-electron chi connectivity index (χ0n) is 13.7. The van der Waals surface area contributed by atoms with E-state index in [1.54, 1.807) is 7.11 Å². The summed E-state index contributed by atoms with van der Waals surface area (Å²) < 4.78 is 7.32. The van der Waals surface area contributed by atoms with Crippen LogP contribution in [0, 0.1) is 6.92 Å². The molecule has 0 aliphatic rings. The number of nitrogens with one attached hydrogen (secondary N) is 2. The Hall–Kier alpha value is -0.900. The van der Waals surface area contributed by atoms with Crippen molar-refractivity contribution in [3.8, 4) is 0 Å². The van der Waals surface area contributed by atoms with Gasteiger partial charge in [-0.15, -0.1) is 34.2 Å². The van der Waals surface area contributed by atoms with Crippen LogP contribution in [0.2, 0.25) is 0 Å². The number of methoxy groups -OCH3 is 1. The largest absolute Gasteiger partial charge is 0.377 e. The van der Waals surface area contributed by atoms with Crippen LogP contribution in [0.1, 0.15) is 32.4 Å². The van der Waals surface area contributed by atoms with Crippen molar-refractivity contribution in [2.24, 2.45) is 12.0 Å². The van der Waals surface area contributed by atoms with E-state index in [9.17, 15) is 0 Å². The minimum Gasteiger partial charge on any atom is -0.377 e. The lowest BCUT2D eigenvalue weighted by Crippen LogP contribution is -2.45. The van der Waals surface area contributed by atoms with Crippen LogP contribution in [0.25, 0.3) is 0 Å². The topological polar surface area (TPSA) is 76.4 Å². The van der Waals surface area contributed by atoms with Crippen molar-refractivity contribution in [2.45, 2.75) is 39.8 Å². The van der Waals surface area contributed by atoms with Crippen LogP contribution in [-0.4, -0.2) is 46.5 Å². The predicted octanol–water partition coefficient (Wildman–Crippen LogP) is 1.22. The molecule has 0 amide bonds. The summed E-state index contributed by atoms with van der Waals surface area (Å²) in [4.78, 5) is 4.51. The zero-order valence-corrected chi connectivity index (χ0v) is 16.1. The monoisotopic (exact) mass is 410 g/mol. The molecule has 0 unspecified atom stereocenters. The minimum atomic E-state index is -0.239. The van der Waals surface area contributed by atoms with Crippen molar-refractivity contribution in [3.05, 3.63) is 11.6 Å². The van der Waals surface area contributed by atoms with E-state index in [2.05, 4.69) is 25.8 Å². The maximum atomic E-state index is 5.38. The fourth-order valence-corrected chi connectivity index (χ4v) is 1.45. The van der Waals surface area contributed by atoms with E-state index >= 15 is 0 Å². The Morgan fingerprint density at radius 2 is 2.00 bits per heavy atom. The Labute approximate surface area is 144 Å². The standard InChI is InChI=1S/C13H26N6O.HI/c1-7-14-12(16-9-13(3,4)20-6)15-8-11-18-17-10(2)19(11)5;/h7-9H2,1-6H3,(H2,14,15,16);1H. The Morgan fingerprint density at radius 3 is 2.48 bits per heavy atom. The first-order valence-electron chi connectivity index (χ1n) is 6.82. The van der Waals surface area contributed by atoms with E-state index in [-0.39, 0.29) is 29.6 Å². The molecule has 1 aromatic rings. The highest BCUT2D eigenvalue weighted by Crippen LogP contribution is 2.04. The van der Waals surface area contributed by atoms with E-state index in [0.717, 1.165) is 24.2 Å². The maximum Gasteiger partial charge on any atom is 0.191 e. The van der Waals surface area contributed by atoms with Gasteiger partial charge >= 0.3 is 0 Å². The molecule has 0 bridgehead atoms. The summed E-state index contributed by atoms with van der Waals surface area (Å²) in [5, 5.41) is 14.6. The third-order valence-electron chi connectivity index (χ3n) is 3.14. The maximum absolute atomic E-state index is 5.38. The first-order chi connectivity index (χ1) is 9.39. The van der Waals surface area contributed by atoms with E-state index in [1.165, 1.54) is 0 Å². The van der Waals surface area contributed by atoms with Gasteiger partial charge in [-0.3, -0.25) is 0 Å². The number of guanidine groups is 1. The summed E-state index contributed by atoms with van der Waals surface area (Å²) in [6, 6.07) is 0. The molecule has 8 heteroatoms. The molecule has 1 rings (SSSR count). The van der Waals surface area contributed by atoms with Crippen molar-refractivity contribution < 1.29 is 4.74 Å². The number of aliphatic imine (C=N–C) groups is 1. The normalized spacial score (nSPS) is 12.0. The van der Waals surface area contributed by atoms with Crippen molar-refractivity contribution >= 4 is 29.9 Å². The van der Waals surface area contributed by atoms with Crippen LogP contribution < -0.4 is 10.6 Å². The molecule has 122 valence electrons. The van der Waals surface area contributed by atoms with Crippen molar-refractivity contribution in [3.63, 3.8) is 0 Å². The van der Waals surface area contributed by atoms with Gasteiger partial charge in [0.1, 0.15) is 12.4 Å². The average Bonchev–Trinajstić information content (AvgIpc) is 2.73. The lowest BCUT2D eigenvalue weighted by atomic mass is 10.1. The summed E-state index contributed by atoms with van der Waals surface area (Å²) in [5.41, 5.74) is -0.239. The molecule has 0 fully saturated rings. The van der Waals surface area contributed by atoms with Gasteiger partial charge in [0.2, 0.25) is 0 Å². The van der Waals surface area contributed by atoms with Gasteiger partial charge in [-0.1, -0.05) is 0 Å². The van der Waals surface area contributed by atoms with Gasteiger partial charge in [0, 0.05) is 27.2 Å². The Balaban J connectivity index is 0.00000400. The molecule has 0 radical (unpaired) electrons. The summed E-state index contributed by atoms with van der Waals surface area (Å²) in [6.45, 7) is 9.96. The van der Waals surface area contributed by atoms with Gasteiger partial charge in [-0.25, -0.2) is 4.99 Å². The molecular formula is C13H27IN6O. The van der Waals surface area contributed by atoms with Gasteiger partial charge in [-0.2, -0.15) is 0 Å². The van der Waals surface area contributed by atoms with Crippen LogP contribution >= 0.6 is 24.0 Å². The first kappa shape index (κ1) is 20.1. The van der Waals surface area contributed by atoms with Crippen LogP contribution in [0.15, 0.2) is 4.99 Å². The van der Waals surface area contributed by atoms with Gasteiger partial charge in [0.15, 0.2) is 11.8 Å². The van der Waals surface area contributed by atoms with E-state index in [0.29, 0.717) is 13.1 Å². The minimum absolute atomic E-state index is 0. The molecule has 21 heavy (non-hydrogen) atoms. The van der Waals surface area contributed by atoms with E-state index in [1.807, 2.05) is 39.3 Å². The van der Waals surface area contributed by atoms with Crippen LogP contribution in [0.3, 0.4) is 0 Å². The van der Waals surface area contributed by atoms with Crippen LogP contribution in [0.5, 0.6) is 0 Å². The summed E-state index contributed by atoms with van der Waals surface area (Å²) in [6.07, 6.45) is 0. The van der Waals surface area contributed by atoms with Gasteiger partial charge < -0.3 is 19.9 Å². The van der Waals surface area contributed by atoms with E-state index in [4.69, 9.17) is 4.74 Å². The van der Waals surface area contributed by atoms with E-state index < -0.39 is 0 Å². The Kier molecular flexibility index (Phi) is 8.79. The highest BCUT2D eigenvalue weighted by molar-refractivity contribution is 14.0.